The van der Waals surface area contributed by atoms with E-state index in [4.69, 9.17) is 14.2 Å². The number of anilines is 1. The molecule has 0 atom stereocenters. The lowest BCUT2D eigenvalue weighted by atomic mass is 9.78. The molecule has 2 rings (SSSR count). The van der Waals surface area contributed by atoms with Gasteiger partial charge >= 0.3 is 0 Å². The van der Waals surface area contributed by atoms with Crippen molar-refractivity contribution in [2.45, 2.75) is 12.8 Å². The summed E-state index contributed by atoms with van der Waals surface area (Å²) in [5.74, 6) is -0.184. The molecule has 0 spiro atoms. The quantitative estimate of drug-likeness (QED) is 0.834. The van der Waals surface area contributed by atoms with Crippen molar-refractivity contribution in [1.82, 2.24) is 5.32 Å². The van der Waals surface area contributed by atoms with Crippen LogP contribution in [0.2, 0.25) is 0 Å². The first-order valence-electron chi connectivity index (χ1n) is 7.49. The third kappa shape index (κ3) is 3.73. The van der Waals surface area contributed by atoms with E-state index in [-0.39, 0.29) is 17.3 Å². The number of nitrogens with one attached hydrogen (secondary N) is 2. The summed E-state index contributed by atoms with van der Waals surface area (Å²) in [6, 6.07) is 2.62. The highest BCUT2D eigenvalue weighted by Crippen LogP contribution is 2.35. The van der Waals surface area contributed by atoms with Crippen molar-refractivity contribution < 1.29 is 23.4 Å². The van der Waals surface area contributed by atoms with E-state index in [0.717, 1.165) is 13.1 Å². The Morgan fingerprint density at radius 3 is 2.39 bits per heavy atom. The summed E-state index contributed by atoms with van der Waals surface area (Å²) in [6.45, 7) is 1.76. The Balaban J connectivity index is 2.24. The van der Waals surface area contributed by atoms with Crippen molar-refractivity contribution in [1.29, 1.82) is 0 Å². The molecule has 0 saturated carbocycles. The van der Waals surface area contributed by atoms with Gasteiger partial charge in [0.1, 0.15) is 0 Å². The molecule has 1 aromatic carbocycles. The van der Waals surface area contributed by atoms with Crippen LogP contribution in [0.5, 0.6) is 11.5 Å². The minimum Gasteiger partial charge on any atom is -0.493 e. The van der Waals surface area contributed by atoms with Crippen LogP contribution < -0.4 is 20.1 Å². The van der Waals surface area contributed by atoms with E-state index in [2.05, 4.69) is 10.6 Å². The lowest BCUT2D eigenvalue weighted by Gasteiger charge is -2.35. The molecule has 128 valence electrons. The van der Waals surface area contributed by atoms with Crippen LogP contribution >= 0.6 is 0 Å². The number of benzene rings is 1. The fourth-order valence-electron chi connectivity index (χ4n) is 2.82. The van der Waals surface area contributed by atoms with Crippen molar-refractivity contribution in [3.05, 3.63) is 17.9 Å². The van der Waals surface area contributed by atoms with Crippen molar-refractivity contribution >= 4 is 11.6 Å². The molecule has 0 unspecified atom stereocenters. The van der Waals surface area contributed by atoms with Gasteiger partial charge in [-0.1, -0.05) is 0 Å². The summed E-state index contributed by atoms with van der Waals surface area (Å²) in [5.41, 5.74) is -0.582. The Kier molecular flexibility index (Phi) is 5.79. The number of hydrogen-bond donors (Lipinski definition) is 2. The lowest BCUT2D eigenvalue weighted by Crippen LogP contribution is -2.47. The number of methoxy groups -OCH3 is 3. The fourth-order valence-corrected chi connectivity index (χ4v) is 2.82. The molecule has 23 heavy (non-hydrogen) atoms. The smallest absolute Gasteiger partial charge is 0.233 e. The molecule has 1 aliphatic heterocycles. The average Bonchev–Trinajstić information content (AvgIpc) is 2.57. The van der Waals surface area contributed by atoms with E-state index >= 15 is 0 Å². The normalized spacial score (nSPS) is 16.7. The van der Waals surface area contributed by atoms with E-state index in [1.807, 2.05) is 0 Å². The van der Waals surface area contributed by atoms with Crippen molar-refractivity contribution in [3.8, 4) is 11.5 Å². The standard InChI is InChI=1S/C16H23FN2O4/c1-21-10-16(4-6-18-7-5-16)15(20)19-12-9-14(23-3)13(22-2)8-11(12)17/h8-9,18H,4-7,10H2,1-3H3,(H,19,20). The second kappa shape index (κ2) is 7.61. The van der Waals surface area contributed by atoms with Crippen molar-refractivity contribution in [2.24, 2.45) is 5.41 Å². The SMILES string of the molecule is COCC1(C(=O)Nc2cc(OC)c(OC)cc2F)CCNCC1. The second-order valence-corrected chi connectivity index (χ2v) is 5.60. The predicted molar refractivity (Wildman–Crippen MR) is 84.5 cm³/mol. The zero-order valence-electron chi connectivity index (χ0n) is 13.7. The highest BCUT2D eigenvalue weighted by molar-refractivity contribution is 5.96. The average molecular weight is 326 g/mol. The van der Waals surface area contributed by atoms with E-state index in [1.54, 1.807) is 7.11 Å². The Labute approximate surface area is 135 Å². The van der Waals surface area contributed by atoms with Gasteiger partial charge in [0.2, 0.25) is 5.91 Å². The Hall–Kier alpha value is -1.86. The van der Waals surface area contributed by atoms with E-state index < -0.39 is 11.2 Å². The van der Waals surface area contributed by atoms with Gasteiger partial charge in [0.25, 0.3) is 0 Å². The number of piperidine rings is 1. The Morgan fingerprint density at radius 2 is 1.83 bits per heavy atom. The predicted octanol–water partition coefficient (Wildman–Crippen LogP) is 1.80. The highest BCUT2D eigenvalue weighted by Gasteiger charge is 2.40. The van der Waals surface area contributed by atoms with Gasteiger partial charge in [-0.05, 0) is 25.9 Å². The summed E-state index contributed by atoms with van der Waals surface area (Å²) < 4.78 is 29.6. The number of rotatable bonds is 6. The number of carbonyl (C=O) groups is 1. The zero-order chi connectivity index (χ0) is 16.9. The summed E-state index contributed by atoms with van der Waals surface area (Å²) in [7, 11) is 4.45. The third-order valence-electron chi connectivity index (χ3n) is 4.18. The molecule has 0 aromatic heterocycles. The van der Waals surface area contributed by atoms with Gasteiger partial charge in [-0.25, -0.2) is 4.39 Å². The zero-order valence-corrected chi connectivity index (χ0v) is 13.7. The van der Waals surface area contributed by atoms with Crippen LogP contribution in [-0.2, 0) is 9.53 Å². The van der Waals surface area contributed by atoms with Crippen molar-refractivity contribution in [2.75, 3.05) is 46.3 Å². The largest absolute Gasteiger partial charge is 0.493 e. The summed E-state index contributed by atoms with van der Waals surface area (Å²) in [4.78, 5) is 12.7. The van der Waals surface area contributed by atoms with Gasteiger partial charge in [0.05, 0.1) is 31.9 Å². The molecule has 2 N–H and O–H groups in total. The van der Waals surface area contributed by atoms with E-state index in [0.29, 0.717) is 25.2 Å². The summed E-state index contributed by atoms with van der Waals surface area (Å²) >= 11 is 0. The number of halogens is 1. The van der Waals surface area contributed by atoms with Gasteiger partial charge in [-0.2, -0.15) is 0 Å². The monoisotopic (exact) mass is 326 g/mol. The molecule has 0 radical (unpaired) electrons. The number of ether oxygens (including phenoxy) is 3. The van der Waals surface area contributed by atoms with E-state index in [9.17, 15) is 9.18 Å². The van der Waals surface area contributed by atoms with Gasteiger partial charge in [0, 0.05) is 19.2 Å². The topological polar surface area (TPSA) is 68.8 Å². The van der Waals surface area contributed by atoms with Crippen LogP contribution in [0.3, 0.4) is 0 Å². The van der Waals surface area contributed by atoms with Crippen LogP contribution in [0.1, 0.15) is 12.8 Å². The van der Waals surface area contributed by atoms with Crippen LogP contribution in [0, 0.1) is 11.2 Å². The molecule has 0 bridgehead atoms. The van der Waals surface area contributed by atoms with Crippen LogP contribution in [-0.4, -0.2) is 46.9 Å². The maximum absolute atomic E-state index is 14.2. The molecule has 1 aromatic rings. The molecule has 1 saturated heterocycles. The number of amides is 1. The molecule has 7 heteroatoms. The van der Waals surface area contributed by atoms with Gasteiger partial charge in [-0.15, -0.1) is 0 Å². The Morgan fingerprint density at radius 1 is 1.22 bits per heavy atom. The third-order valence-corrected chi connectivity index (χ3v) is 4.18. The van der Waals surface area contributed by atoms with Gasteiger partial charge in [-0.3, -0.25) is 4.79 Å². The molecule has 1 amide bonds. The molecule has 0 aliphatic carbocycles. The second-order valence-electron chi connectivity index (χ2n) is 5.60. The van der Waals surface area contributed by atoms with Crippen LogP contribution in [0.25, 0.3) is 0 Å². The molecule has 1 fully saturated rings. The van der Waals surface area contributed by atoms with Crippen molar-refractivity contribution in [3.63, 3.8) is 0 Å². The minimum absolute atomic E-state index is 0.0710. The fraction of sp³-hybridized carbons (Fsp3) is 0.562. The first-order chi connectivity index (χ1) is 11.1. The Bertz CT molecular complexity index is 554. The van der Waals surface area contributed by atoms with E-state index in [1.165, 1.54) is 26.4 Å². The maximum Gasteiger partial charge on any atom is 0.233 e. The van der Waals surface area contributed by atoms with Crippen LogP contribution in [0.4, 0.5) is 10.1 Å². The lowest BCUT2D eigenvalue weighted by molar-refractivity contribution is -0.130. The number of carbonyl (C=O) groups excluding carboxylic acids is 1. The molecule has 1 heterocycles. The number of hydrogen-bond acceptors (Lipinski definition) is 5. The summed E-state index contributed by atoms with van der Waals surface area (Å²) in [6.07, 6.45) is 1.28. The molecule has 1 aliphatic rings. The van der Waals surface area contributed by atoms with Crippen LogP contribution in [0.15, 0.2) is 12.1 Å². The highest BCUT2D eigenvalue weighted by atomic mass is 19.1. The summed E-state index contributed by atoms with van der Waals surface area (Å²) in [5, 5.41) is 5.89. The van der Waals surface area contributed by atoms with Gasteiger partial charge in [0.15, 0.2) is 17.3 Å². The van der Waals surface area contributed by atoms with Gasteiger partial charge < -0.3 is 24.8 Å². The minimum atomic E-state index is -0.653. The maximum atomic E-state index is 14.2. The molecule has 6 nitrogen and oxygen atoms in total. The molecular formula is C16H23FN2O4. The first kappa shape index (κ1) is 17.5. The first-order valence-corrected chi connectivity index (χ1v) is 7.49. The molecular weight excluding hydrogens is 303 g/mol.